The molecule has 0 aromatic heterocycles. The predicted molar refractivity (Wildman–Crippen MR) is 83.4 cm³/mol. The molecular weight excluding hydrogens is 304 g/mol. The van der Waals surface area contributed by atoms with Crippen LogP contribution in [0.3, 0.4) is 0 Å². The van der Waals surface area contributed by atoms with Crippen LogP contribution >= 0.6 is 11.6 Å². The summed E-state index contributed by atoms with van der Waals surface area (Å²) >= 11 is 5.83. The topological polar surface area (TPSA) is 81.9 Å². The molecule has 0 radical (unpaired) electrons. The molecule has 0 aliphatic carbocycles. The van der Waals surface area contributed by atoms with E-state index >= 15 is 0 Å². The quantitative estimate of drug-likeness (QED) is 0.462. The molecule has 0 saturated carbocycles. The van der Waals surface area contributed by atoms with Crippen LogP contribution in [0.5, 0.6) is 0 Å². The highest BCUT2D eigenvalue weighted by atomic mass is 35.5. The van der Waals surface area contributed by atoms with Gasteiger partial charge in [-0.05, 0) is 23.8 Å². The minimum atomic E-state index is -1.77. The molecule has 2 aromatic rings. The number of hydrogen-bond acceptors (Lipinski definition) is 4. The van der Waals surface area contributed by atoms with Crippen molar-refractivity contribution in [3.05, 3.63) is 64.7 Å². The number of anilines is 1. The number of fused-ring (bicyclic) bond motifs is 1. The number of benzene rings is 2. The van der Waals surface area contributed by atoms with Crippen molar-refractivity contribution in [3.8, 4) is 0 Å². The summed E-state index contributed by atoms with van der Waals surface area (Å²) in [7, 11) is 0. The van der Waals surface area contributed by atoms with Gasteiger partial charge in [-0.2, -0.15) is 0 Å². The van der Waals surface area contributed by atoms with Crippen LogP contribution in [0.2, 0.25) is 5.02 Å². The van der Waals surface area contributed by atoms with Crippen molar-refractivity contribution in [2.24, 2.45) is 5.16 Å². The Bertz CT molecular complexity index is 758. The summed E-state index contributed by atoms with van der Waals surface area (Å²) in [5.74, 6) is -0.538. The van der Waals surface area contributed by atoms with Gasteiger partial charge in [0.05, 0.1) is 5.71 Å². The Hall–Kier alpha value is -2.37. The SMILES string of the molecule is O=C1Nc2ccccc2C1(O)CC(=NO)c1ccc(Cl)cc1. The van der Waals surface area contributed by atoms with Crippen LogP contribution in [0.15, 0.2) is 53.7 Å². The van der Waals surface area contributed by atoms with Gasteiger partial charge < -0.3 is 15.6 Å². The lowest BCUT2D eigenvalue weighted by atomic mass is 9.88. The molecule has 0 fully saturated rings. The average Bonchev–Trinajstić information content (AvgIpc) is 2.78. The smallest absolute Gasteiger partial charge is 0.261 e. The van der Waals surface area contributed by atoms with Gasteiger partial charge in [-0.3, -0.25) is 4.79 Å². The molecule has 3 rings (SSSR count). The second kappa shape index (κ2) is 5.44. The predicted octanol–water partition coefficient (Wildman–Crippen LogP) is 2.75. The normalized spacial score (nSPS) is 20.6. The van der Waals surface area contributed by atoms with Crippen LogP contribution < -0.4 is 5.32 Å². The van der Waals surface area contributed by atoms with Crippen LogP contribution in [0.4, 0.5) is 5.69 Å². The van der Waals surface area contributed by atoms with E-state index in [0.29, 0.717) is 21.8 Å². The first kappa shape index (κ1) is 14.6. The maximum Gasteiger partial charge on any atom is 0.261 e. The Morgan fingerprint density at radius 3 is 2.55 bits per heavy atom. The molecule has 2 aromatic carbocycles. The molecule has 1 heterocycles. The maximum atomic E-state index is 12.2. The fourth-order valence-electron chi connectivity index (χ4n) is 2.56. The average molecular weight is 317 g/mol. The van der Waals surface area contributed by atoms with E-state index in [0.717, 1.165) is 0 Å². The molecule has 22 heavy (non-hydrogen) atoms. The Morgan fingerprint density at radius 2 is 1.86 bits per heavy atom. The van der Waals surface area contributed by atoms with Gasteiger partial charge in [0.2, 0.25) is 0 Å². The number of amides is 1. The second-order valence-electron chi connectivity index (χ2n) is 5.09. The fourth-order valence-corrected chi connectivity index (χ4v) is 2.68. The van der Waals surface area contributed by atoms with Crippen LogP contribution in [0.1, 0.15) is 17.5 Å². The summed E-state index contributed by atoms with van der Waals surface area (Å²) in [6, 6.07) is 13.5. The summed E-state index contributed by atoms with van der Waals surface area (Å²) in [5, 5.41) is 26.5. The van der Waals surface area contributed by atoms with Crippen molar-refractivity contribution in [2.45, 2.75) is 12.0 Å². The summed E-state index contributed by atoms with van der Waals surface area (Å²) in [6.07, 6.45) is -0.145. The lowest BCUT2D eigenvalue weighted by molar-refractivity contribution is -0.132. The lowest BCUT2D eigenvalue weighted by Gasteiger charge is -2.21. The van der Waals surface area contributed by atoms with E-state index in [9.17, 15) is 15.1 Å². The van der Waals surface area contributed by atoms with Crippen molar-refractivity contribution in [1.82, 2.24) is 0 Å². The van der Waals surface area contributed by atoms with Gasteiger partial charge in [0.1, 0.15) is 0 Å². The number of oxime groups is 1. The van der Waals surface area contributed by atoms with E-state index in [2.05, 4.69) is 10.5 Å². The third-order valence-electron chi connectivity index (χ3n) is 3.72. The molecule has 0 saturated heterocycles. The number of nitrogens with one attached hydrogen (secondary N) is 1. The van der Waals surface area contributed by atoms with E-state index < -0.39 is 11.5 Å². The number of carbonyl (C=O) groups excluding carboxylic acids is 1. The first-order valence-electron chi connectivity index (χ1n) is 6.65. The van der Waals surface area contributed by atoms with E-state index in [1.165, 1.54) is 0 Å². The fraction of sp³-hybridized carbons (Fsp3) is 0.125. The Balaban J connectivity index is 1.97. The van der Waals surface area contributed by atoms with Crippen LogP contribution in [-0.2, 0) is 10.4 Å². The number of nitrogens with zero attached hydrogens (tertiary/aromatic N) is 1. The molecule has 3 N–H and O–H groups in total. The number of halogens is 1. The third-order valence-corrected chi connectivity index (χ3v) is 3.97. The van der Waals surface area contributed by atoms with Crippen molar-refractivity contribution >= 4 is 28.9 Å². The van der Waals surface area contributed by atoms with Gasteiger partial charge in [-0.25, -0.2) is 0 Å². The summed E-state index contributed by atoms with van der Waals surface area (Å²) < 4.78 is 0. The largest absolute Gasteiger partial charge is 0.411 e. The highest BCUT2D eigenvalue weighted by Gasteiger charge is 2.46. The monoisotopic (exact) mass is 316 g/mol. The zero-order chi connectivity index (χ0) is 15.7. The Labute approximate surface area is 131 Å². The first-order valence-corrected chi connectivity index (χ1v) is 7.02. The van der Waals surface area contributed by atoms with Crippen molar-refractivity contribution in [1.29, 1.82) is 0 Å². The molecule has 1 aliphatic heterocycles. The highest BCUT2D eigenvalue weighted by molar-refractivity contribution is 6.30. The summed E-state index contributed by atoms with van der Waals surface area (Å²) in [6.45, 7) is 0. The van der Waals surface area contributed by atoms with Crippen molar-refractivity contribution < 1.29 is 15.1 Å². The van der Waals surface area contributed by atoms with Gasteiger partial charge in [-0.1, -0.05) is 47.1 Å². The minimum Gasteiger partial charge on any atom is -0.411 e. The Morgan fingerprint density at radius 1 is 1.18 bits per heavy atom. The lowest BCUT2D eigenvalue weighted by Crippen LogP contribution is -2.36. The van der Waals surface area contributed by atoms with Gasteiger partial charge in [0, 0.05) is 22.7 Å². The zero-order valence-electron chi connectivity index (χ0n) is 11.5. The molecule has 5 nitrogen and oxygen atoms in total. The Kier molecular flexibility index (Phi) is 3.60. The number of carbonyl (C=O) groups is 1. The molecule has 1 amide bonds. The number of para-hydroxylation sites is 1. The van der Waals surface area contributed by atoms with Crippen LogP contribution in [-0.4, -0.2) is 21.9 Å². The molecule has 0 spiro atoms. The maximum absolute atomic E-state index is 12.2. The molecule has 1 atom stereocenters. The summed E-state index contributed by atoms with van der Waals surface area (Å²) in [5.41, 5.74) is 0.0414. The van der Waals surface area contributed by atoms with Gasteiger partial charge in [0.25, 0.3) is 5.91 Å². The molecule has 1 unspecified atom stereocenters. The summed E-state index contributed by atoms with van der Waals surface area (Å²) in [4.78, 5) is 12.2. The molecule has 6 heteroatoms. The number of hydrogen-bond donors (Lipinski definition) is 3. The molecule has 112 valence electrons. The third kappa shape index (κ3) is 2.34. The molecular formula is C16H13ClN2O3. The van der Waals surface area contributed by atoms with E-state index in [1.54, 1.807) is 48.5 Å². The first-order chi connectivity index (χ1) is 10.5. The van der Waals surface area contributed by atoms with Crippen molar-refractivity contribution in [3.63, 3.8) is 0 Å². The van der Waals surface area contributed by atoms with E-state index in [-0.39, 0.29) is 12.1 Å². The van der Waals surface area contributed by atoms with E-state index in [1.807, 2.05) is 0 Å². The van der Waals surface area contributed by atoms with E-state index in [4.69, 9.17) is 11.6 Å². The highest BCUT2D eigenvalue weighted by Crippen LogP contribution is 2.38. The van der Waals surface area contributed by atoms with Gasteiger partial charge in [-0.15, -0.1) is 0 Å². The van der Waals surface area contributed by atoms with Gasteiger partial charge >= 0.3 is 0 Å². The molecule has 1 aliphatic rings. The van der Waals surface area contributed by atoms with Crippen LogP contribution in [0, 0.1) is 0 Å². The second-order valence-corrected chi connectivity index (χ2v) is 5.53. The number of aliphatic hydroxyl groups is 1. The van der Waals surface area contributed by atoms with Crippen molar-refractivity contribution in [2.75, 3.05) is 5.32 Å². The molecule has 0 bridgehead atoms. The minimum absolute atomic E-state index is 0.145. The zero-order valence-corrected chi connectivity index (χ0v) is 12.2. The van der Waals surface area contributed by atoms with Gasteiger partial charge in [0.15, 0.2) is 5.60 Å². The number of rotatable bonds is 3. The van der Waals surface area contributed by atoms with Crippen LogP contribution in [0.25, 0.3) is 0 Å². The standard InChI is InChI=1S/C16H13ClN2O3/c17-11-7-5-10(6-8-11)14(19-22)9-16(21)12-3-1-2-4-13(12)18-15(16)20/h1-8,21-22H,9H2,(H,18,20).